The summed E-state index contributed by atoms with van der Waals surface area (Å²) in [6, 6.07) is 0. The molecular formula is C17H35N5O3. The molecule has 0 fully saturated rings. The fourth-order valence-electron chi connectivity index (χ4n) is 1.64. The van der Waals surface area contributed by atoms with Gasteiger partial charge in [0.15, 0.2) is 5.96 Å². The summed E-state index contributed by atoms with van der Waals surface area (Å²) >= 11 is 0. The Kier molecular flexibility index (Phi) is 9.93. The third-order valence-electron chi connectivity index (χ3n) is 2.92. The van der Waals surface area contributed by atoms with Crippen molar-refractivity contribution in [3.05, 3.63) is 0 Å². The standard InChI is InChI=1S/C17H35N5O3/c1-16(2,3)13(23)19-11-12-21-14(18-7)20-9-8-10-22-15(24)25-17(4,5)6/h8-12H2,1-7H3,(H,19,23)(H,22,24)(H2,18,20,21). The van der Waals surface area contributed by atoms with Crippen molar-refractivity contribution in [1.29, 1.82) is 0 Å². The Morgan fingerprint density at radius 2 is 1.36 bits per heavy atom. The number of nitrogens with zero attached hydrogens (tertiary/aromatic N) is 1. The van der Waals surface area contributed by atoms with E-state index in [1.165, 1.54) is 0 Å². The number of alkyl carbamates (subject to hydrolysis) is 1. The van der Waals surface area contributed by atoms with Crippen LogP contribution in [0.2, 0.25) is 0 Å². The molecule has 0 aromatic rings. The van der Waals surface area contributed by atoms with Gasteiger partial charge in [-0.15, -0.1) is 0 Å². The average molecular weight is 357 g/mol. The molecule has 4 N–H and O–H groups in total. The van der Waals surface area contributed by atoms with Crippen molar-refractivity contribution in [2.24, 2.45) is 10.4 Å². The Morgan fingerprint density at radius 1 is 0.840 bits per heavy atom. The summed E-state index contributed by atoms with van der Waals surface area (Å²) < 4.78 is 5.15. The van der Waals surface area contributed by atoms with E-state index in [4.69, 9.17) is 4.74 Å². The van der Waals surface area contributed by atoms with E-state index < -0.39 is 11.7 Å². The molecule has 0 aromatic carbocycles. The molecule has 146 valence electrons. The van der Waals surface area contributed by atoms with Gasteiger partial charge in [-0.1, -0.05) is 20.8 Å². The minimum absolute atomic E-state index is 0.0189. The van der Waals surface area contributed by atoms with Gasteiger partial charge in [0.25, 0.3) is 0 Å². The van der Waals surface area contributed by atoms with Gasteiger partial charge in [0, 0.05) is 38.6 Å². The maximum absolute atomic E-state index is 11.7. The zero-order valence-electron chi connectivity index (χ0n) is 16.7. The molecule has 0 saturated carbocycles. The van der Waals surface area contributed by atoms with Crippen molar-refractivity contribution in [3.8, 4) is 0 Å². The first-order chi connectivity index (χ1) is 11.5. The minimum Gasteiger partial charge on any atom is -0.444 e. The van der Waals surface area contributed by atoms with Crippen LogP contribution in [-0.4, -0.2) is 56.8 Å². The molecule has 0 radical (unpaired) electrons. The monoisotopic (exact) mass is 357 g/mol. The van der Waals surface area contributed by atoms with Crippen molar-refractivity contribution in [1.82, 2.24) is 21.3 Å². The van der Waals surface area contributed by atoms with Crippen molar-refractivity contribution in [3.63, 3.8) is 0 Å². The summed E-state index contributed by atoms with van der Waals surface area (Å²) in [6.07, 6.45) is 0.324. The van der Waals surface area contributed by atoms with Crippen LogP contribution in [0.25, 0.3) is 0 Å². The van der Waals surface area contributed by atoms with E-state index in [9.17, 15) is 9.59 Å². The van der Waals surface area contributed by atoms with Gasteiger partial charge in [0.1, 0.15) is 5.60 Å². The molecule has 0 saturated heterocycles. The highest BCUT2D eigenvalue weighted by Gasteiger charge is 2.20. The lowest BCUT2D eigenvalue weighted by Crippen LogP contribution is -2.44. The normalized spacial score (nSPS) is 12.4. The van der Waals surface area contributed by atoms with Crippen LogP contribution < -0.4 is 21.3 Å². The number of aliphatic imine (C=N–C) groups is 1. The Hall–Kier alpha value is -1.99. The van der Waals surface area contributed by atoms with Crippen LogP contribution in [0, 0.1) is 5.41 Å². The van der Waals surface area contributed by atoms with Crippen LogP contribution in [0.4, 0.5) is 4.79 Å². The van der Waals surface area contributed by atoms with E-state index in [1.54, 1.807) is 7.05 Å². The Bertz CT molecular complexity index is 450. The summed E-state index contributed by atoms with van der Waals surface area (Å²) in [7, 11) is 1.68. The number of rotatable bonds is 7. The van der Waals surface area contributed by atoms with Crippen molar-refractivity contribution in [2.45, 2.75) is 53.6 Å². The zero-order valence-corrected chi connectivity index (χ0v) is 16.7. The second kappa shape index (κ2) is 10.8. The summed E-state index contributed by atoms with van der Waals surface area (Å²) in [4.78, 5) is 27.3. The summed E-state index contributed by atoms with van der Waals surface area (Å²) in [5.41, 5.74) is -0.877. The lowest BCUT2D eigenvalue weighted by molar-refractivity contribution is -0.128. The highest BCUT2D eigenvalue weighted by molar-refractivity contribution is 5.81. The van der Waals surface area contributed by atoms with Gasteiger partial charge in [0.2, 0.25) is 5.91 Å². The topological polar surface area (TPSA) is 104 Å². The van der Waals surface area contributed by atoms with E-state index in [2.05, 4.69) is 26.3 Å². The molecule has 0 aliphatic carbocycles. The van der Waals surface area contributed by atoms with Gasteiger partial charge in [-0.2, -0.15) is 0 Å². The average Bonchev–Trinajstić information content (AvgIpc) is 2.45. The van der Waals surface area contributed by atoms with Crippen LogP contribution in [0.15, 0.2) is 4.99 Å². The first kappa shape index (κ1) is 23.0. The first-order valence-electron chi connectivity index (χ1n) is 8.65. The van der Waals surface area contributed by atoms with Crippen LogP contribution >= 0.6 is 0 Å². The largest absolute Gasteiger partial charge is 0.444 e. The Labute approximate surface area is 151 Å². The van der Waals surface area contributed by atoms with E-state index in [0.29, 0.717) is 32.1 Å². The number of guanidine groups is 1. The number of carbonyl (C=O) groups excluding carboxylic acids is 2. The first-order valence-corrected chi connectivity index (χ1v) is 8.65. The molecule has 0 heterocycles. The number of ether oxygens (including phenoxy) is 1. The third kappa shape index (κ3) is 13.0. The van der Waals surface area contributed by atoms with Crippen molar-refractivity contribution < 1.29 is 14.3 Å². The number of hydrogen-bond acceptors (Lipinski definition) is 4. The number of nitrogens with one attached hydrogen (secondary N) is 4. The predicted octanol–water partition coefficient (Wildman–Crippen LogP) is 1.23. The van der Waals surface area contributed by atoms with E-state index in [1.807, 2.05) is 41.5 Å². The van der Waals surface area contributed by atoms with Gasteiger partial charge in [-0.3, -0.25) is 9.79 Å². The van der Waals surface area contributed by atoms with Gasteiger partial charge in [-0.25, -0.2) is 4.79 Å². The molecule has 0 aliphatic heterocycles. The molecule has 8 nitrogen and oxygen atoms in total. The summed E-state index contributed by atoms with van der Waals surface area (Å²) in [5, 5.41) is 11.8. The fourth-order valence-corrected chi connectivity index (χ4v) is 1.64. The minimum atomic E-state index is -0.489. The van der Waals surface area contributed by atoms with Crippen molar-refractivity contribution in [2.75, 3.05) is 33.2 Å². The van der Waals surface area contributed by atoms with Gasteiger partial charge >= 0.3 is 6.09 Å². The molecule has 8 heteroatoms. The SMILES string of the molecule is CN=C(NCCCNC(=O)OC(C)(C)C)NCCNC(=O)C(C)(C)C. The molecule has 0 unspecified atom stereocenters. The van der Waals surface area contributed by atoms with Gasteiger partial charge in [-0.05, 0) is 27.2 Å². The Morgan fingerprint density at radius 3 is 1.88 bits per heavy atom. The second-order valence-electron chi connectivity index (χ2n) is 7.71. The van der Waals surface area contributed by atoms with Crippen LogP contribution in [0.1, 0.15) is 48.0 Å². The molecule has 0 aliphatic rings. The van der Waals surface area contributed by atoms with Gasteiger partial charge < -0.3 is 26.0 Å². The lowest BCUT2D eigenvalue weighted by Gasteiger charge is -2.19. The Balaban J connectivity index is 3.80. The maximum Gasteiger partial charge on any atom is 0.407 e. The van der Waals surface area contributed by atoms with Crippen LogP contribution in [-0.2, 0) is 9.53 Å². The molecule has 25 heavy (non-hydrogen) atoms. The molecule has 0 bridgehead atoms. The smallest absolute Gasteiger partial charge is 0.407 e. The number of hydrogen-bond donors (Lipinski definition) is 4. The molecule has 0 rings (SSSR count). The highest BCUT2D eigenvalue weighted by atomic mass is 16.6. The van der Waals surface area contributed by atoms with Crippen molar-refractivity contribution >= 4 is 18.0 Å². The van der Waals surface area contributed by atoms with E-state index >= 15 is 0 Å². The highest BCUT2D eigenvalue weighted by Crippen LogP contribution is 2.11. The van der Waals surface area contributed by atoms with Crippen LogP contribution in [0.5, 0.6) is 0 Å². The van der Waals surface area contributed by atoms with E-state index in [0.717, 1.165) is 6.42 Å². The molecule has 0 atom stereocenters. The molecular weight excluding hydrogens is 322 g/mol. The third-order valence-corrected chi connectivity index (χ3v) is 2.92. The molecule has 2 amide bonds. The zero-order chi connectivity index (χ0) is 19.5. The summed E-state index contributed by atoms with van der Waals surface area (Å²) in [5.74, 6) is 0.674. The summed E-state index contributed by atoms with van der Waals surface area (Å²) in [6.45, 7) is 13.4. The lowest BCUT2D eigenvalue weighted by atomic mass is 9.96. The number of amides is 2. The fraction of sp³-hybridized carbons (Fsp3) is 0.824. The predicted molar refractivity (Wildman–Crippen MR) is 101 cm³/mol. The quantitative estimate of drug-likeness (QED) is 0.312. The van der Waals surface area contributed by atoms with E-state index in [-0.39, 0.29) is 11.3 Å². The second-order valence-corrected chi connectivity index (χ2v) is 7.71. The molecule has 0 aromatic heterocycles. The maximum atomic E-state index is 11.7. The molecule has 0 spiro atoms. The van der Waals surface area contributed by atoms with Crippen LogP contribution in [0.3, 0.4) is 0 Å². The van der Waals surface area contributed by atoms with Gasteiger partial charge in [0.05, 0.1) is 0 Å². The number of carbonyl (C=O) groups is 2.